The lowest BCUT2D eigenvalue weighted by Gasteiger charge is -2.07. The first-order chi connectivity index (χ1) is 8.54. The third kappa shape index (κ3) is 3.12. The molecule has 2 rings (SSSR count). The van der Waals surface area contributed by atoms with Gasteiger partial charge in [-0.3, -0.25) is 0 Å². The SMILES string of the molecule is O=C(O)c1cc(Nc2cc(Cl)cc(Cl)c2)ccn1. The van der Waals surface area contributed by atoms with E-state index in [4.69, 9.17) is 28.3 Å². The topological polar surface area (TPSA) is 62.2 Å². The Kier molecular flexibility index (Phi) is 3.69. The second kappa shape index (κ2) is 5.25. The predicted octanol–water partition coefficient (Wildman–Crippen LogP) is 3.83. The maximum atomic E-state index is 10.8. The van der Waals surface area contributed by atoms with Crippen LogP contribution in [-0.2, 0) is 0 Å². The smallest absolute Gasteiger partial charge is 0.354 e. The van der Waals surface area contributed by atoms with Crippen LogP contribution in [-0.4, -0.2) is 16.1 Å². The number of anilines is 2. The fraction of sp³-hybridized carbons (Fsp3) is 0. The highest BCUT2D eigenvalue weighted by Gasteiger charge is 2.05. The van der Waals surface area contributed by atoms with E-state index in [1.807, 2.05) is 0 Å². The Hall–Kier alpha value is -1.78. The minimum absolute atomic E-state index is 0.0341. The highest BCUT2D eigenvalue weighted by Crippen LogP contribution is 2.25. The molecule has 0 unspecified atom stereocenters. The van der Waals surface area contributed by atoms with Crippen LogP contribution in [0.1, 0.15) is 10.5 Å². The van der Waals surface area contributed by atoms with Crippen molar-refractivity contribution in [3.05, 3.63) is 52.3 Å². The normalized spacial score (nSPS) is 10.1. The van der Waals surface area contributed by atoms with Crippen LogP contribution in [0.15, 0.2) is 36.5 Å². The standard InChI is InChI=1S/C12H8Cl2N2O2/c13-7-3-8(14)5-10(4-7)16-9-1-2-15-11(6-9)12(17)18/h1-6H,(H,15,16)(H,17,18). The van der Waals surface area contributed by atoms with Gasteiger partial charge in [0.2, 0.25) is 0 Å². The fourth-order valence-corrected chi connectivity index (χ4v) is 1.94. The van der Waals surface area contributed by atoms with Crippen molar-refractivity contribution in [1.29, 1.82) is 0 Å². The number of aromatic nitrogens is 1. The van der Waals surface area contributed by atoms with Gasteiger partial charge in [0.05, 0.1) is 0 Å². The van der Waals surface area contributed by atoms with Gasteiger partial charge in [0.15, 0.2) is 0 Å². The van der Waals surface area contributed by atoms with Gasteiger partial charge in [-0.05, 0) is 30.3 Å². The molecule has 6 heteroatoms. The molecule has 0 saturated carbocycles. The summed E-state index contributed by atoms with van der Waals surface area (Å²) >= 11 is 11.7. The van der Waals surface area contributed by atoms with Gasteiger partial charge in [-0.1, -0.05) is 23.2 Å². The number of halogens is 2. The Labute approximate surface area is 113 Å². The molecule has 1 aromatic carbocycles. The summed E-state index contributed by atoms with van der Waals surface area (Å²) in [5.41, 5.74) is 1.24. The molecule has 0 fully saturated rings. The van der Waals surface area contributed by atoms with Crippen molar-refractivity contribution >= 4 is 40.5 Å². The van der Waals surface area contributed by atoms with Gasteiger partial charge in [0.25, 0.3) is 0 Å². The molecule has 0 spiro atoms. The molecule has 1 aromatic heterocycles. The molecule has 0 amide bonds. The van der Waals surface area contributed by atoms with Crippen molar-refractivity contribution in [2.24, 2.45) is 0 Å². The Morgan fingerprint density at radius 2 is 1.78 bits per heavy atom. The van der Waals surface area contributed by atoms with E-state index in [9.17, 15) is 4.79 Å². The van der Waals surface area contributed by atoms with E-state index in [0.29, 0.717) is 21.4 Å². The molecule has 0 saturated heterocycles. The van der Waals surface area contributed by atoms with E-state index in [2.05, 4.69) is 10.3 Å². The predicted molar refractivity (Wildman–Crippen MR) is 70.9 cm³/mol. The average Bonchev–Trinajstić information content (AvgIpc) is 2.27. The highest BCUT2D eigenvalue weighted by molar-refractivity contribution is 6.35. The third-order valence-corrected chi connectivity index (χ3v) is 2.57. The summed E-state index contributed by atoms with van der Waals surface area (Å²) in [6.45, 7) is 0. The van der Waals surface area contributed by atoms with E-state index in [-0.39, 0.29) is 5.69 Å². The minimum atomic E-state index is -1.08. The summed E-state index contributed by atoms with van der Waals surface area (Å²) in [6, 6.07) is 8.07. The molecule has 18 heavy (non-hydrogen) atoms. The first-order valence-corrected chi connectivity index (χ1v) is 5.72. The number of carbonyl (C=O) groups is 1. The molecule has 0 aliphatic rings. The number of aromatic carboxylic acids is 1. The van der Waals surface area contributed by atoms with Crippen LogP contribution in [0.25, 0.3) is 0 Å². The van der Waals surface area contributed by atoms with Crippen LogP contribution in [0.2, 0.25) is 10.0 Å². The number of nitrogens with zero attached hydrogens (tertiary/aromatic N) is 1. The first kappa shape index (κ1) is 12.7. The fourth-order valence-electron chi connectivity index (χ4n) is 1.42. The molecular formula is C12H8Cl2N2O2. The summed E-state index contributed by atoms with van der Waals surface area (Å²) < 4.78 is 0. The minimum Gasteiger partial charge on any atom is -0.477 e. The van der Waals surface area contributed by atoms with Crippen molar-refractivity contribution in [2.75, 3.05) is 5.32 Å². The summed E-state index contributed by atoms with van der Waals surface area (Å²) in [5.74, 6) is -1.08. The quantitative estimate of drug-likeness (QED) is 0.898. The largest absolute Gasteiger partial charge is 0.477 e. The molecule has 1 heterocycles. The number of hydrogen-bond acceptors (Lipinski definition) is 3. The lowest BCUT2D eigenvalue weighted by atomic mass is 10.2. The van der Waals surface area contributed by atoms with Gasteiger partial charge in [0, 0.05) is 27.6 Å². The van der Waals surface area contributed by atoms with Gasteiger partial charge in [-0.15, -0.1) is 0 Å². The summed E-state index contributed by atoms with van der Waals surface area (Å²) in [5, 5.41) is 12.8. The van der Waals surface area contributed by atoms with Crippen molar-refractivity contribution in [2.45, 2.75) is 0 Å². The summed E-state index contributed by atoms with van der Waals surface area (Å²) in [4.78, 5) is 14.5. The van der Waals surface area contributed by atoms with Gasteiger partial charge >= 0.3 is 5.97 Å². The molecular weight excluding hydrogens is 275 g/mol. The molecule has 0 radical (unpaired) electrons. The van der Waals surface area contributed by atoms with Gasteiger partial charge < -0.3 is 10.4 Å². The number of pyridine rings is 1. The highest BCUT2D eigenvalue weighted by atomic mass is 35.5. The molecule has 92 valence electrons. The summed E-state index contributed by atoms with van der Waals surface area (Å²) in [6.07, 6.45) is 1.41. The van der Waals surface area contributed by atoms with Crippen LogP contribution in [0.5, 0.6) is 0 Å². The van der Waals surface area contributed by atoms with Crippen LogP contribution in [0.3, 0.4) is 0 Å². The molecule has 0 aliphatic carbocycles. The van der Waals surface area contributed by atoms with Crippen LogP contribution in [0, 0.1) is 0 Å². The van der Waals surface area contributed by atoms with Crippen LogP contribution < -0.4 is 5.32 Å². The van der Waals surface area contributed by atoms with Crippen molar-refractivity contribution in [1.82, 2.24) is 4.98 Å². The third-order valence-electron chi connectivity index (χ3n) is 2.13. The van der Waals surface area contributed by atoms with Crippen molar-refractivity contribution in [3.8, 4) is 0 Å². The molecule has 0 aliphatic heterocycles. The van der Waals surface area contributed by atoms with Crippen molar-refractivity contribution < 1.29 is 9.90 Å². The Morgan fingerprint density at radius 3 is 2.39 bits per heavy atom. The monoisotopic (exact) mass is 282 g/mol. The second-order valence-corrected chi connectivity index (χ2v) is 4.39. The number of nitrogens with one attached hydrogen (secondary N) is 1. The van der Waals surface area contributed by atoms with Crippen molar-refractivity contribution in [3.63, 3.8) is 0 Å². The van der Waals surface area contributed by atoms with E-state index < -0.39 is 5.97 Å². The number of hydrogen-bond donors (Lipinski definition) is 2. The Bertz CT molecular complexity index is 582. The van der Waals surface area contributed by atoms with E-state index in [1.54, 1.807) is 24.3 Å². The first-order valence-electron chi connectivity index (χ1n) is 4.97. The molecule has 4 nitrogen and oxygen atoms in total. The van der Waals surface area contributed by atoms with Crippen LogP contribution in [0.4, 0.5) is 11.4 Å². The lowest BCUT2D eigenvalue weighted by Crippen LogP contribution is -2.01. The van der Waals surface area contributed by atoms with Gasteiger partial charge in [-0.25, -0.2) is 9.78 Å². The molecule has 0 bridgehead atoms. The maximum Gasteiger partial charge on any atom is 0.354 e. The van der Waals surface area contributed by atoms with Gasteiger partial charge in [-0.2, -0.15) is 0 Å². The zero-order chi connectivity index (χ0) is 13.1. The maximum absolute atomic E-state index is 10.8. The molecule has 0 atom stereocenters. The number of rotatable bonds is 3. The number of carboxylic acid groups (broad SMARTS) is 1. The average molecular weight is 283 g/mol. The zero-order valence-corrected chi connectivity index (χ0v) is 10.5. The number of carboxylic acids is 1. The van der Waals surface area contributed by atoms with E-state index in [1.165, 1.54) is 12.3 Å². The lowest BCUT2D eigenvalue weighted by molar-refractivity contribution is 0.0690. The molecule has 2 N–H and O–H groups in total. The zero-order valence-electron chi connectivity index (χ0n) is 9.02. The summed E-state index contributed by atoms with van der Waals surface area (Å²) in [7, 11) is 0. The second-order valence-electron chi connectivity index (χ2n) is 3.52. The van der Waals surface area contributed by atoms with E-state index >= 15 is 0 Å². The Balaban J connectivity index is 2.28. The molecule has 2 aromatic rings. The van der Waals surface area contributed by atoms with E-state index in [0.717, 1.165) is 0 Å². The Morgan fingerprint density at radius 1 is 1.11 bits per heavy atom. The number of benzene rings is 1. The van der Waals surface area contributed by atoms with Crippen LogP contribution >= 0.6 is 23.2 Å². The van der Waals surface area contributed by atoms with Gasteiger partial charge in [0.1, 0.15) is 5.69 Å².